The lowest BCUT2D eigenvalue weighted by molar-refractivity contribution is 0.460. The first-order valence-electron chi connectivity index (χ1n) is 6.08. The summed E-state index contributed by atoms with van der Waals surface area (Å²) in [4.78, 5) is 0. The monoisotopic (exact) mass is 181 g/mol. The maximum atomic E-state index is 3.65. The number of fused-ring (bicyclic) bond motifs is 1. The van der Waals surface area contributed by atoms with Crippen LogP contribution in [0.15, 0.2) is 0 Å². The molecule has 0 aromatic rings. The van der Waals surface area contributed by atoms with E-state index in [4.69, 9.17) is 0 Å². The van der Waals surface area contributed by atoms with Crippen molar-refractivity contribution in [3.63, 3.8) is 0 Å². The fourth-order valence-electron chi connectivity index (χ4n) is 3.30. The molecule has 2 saturated carbocycles. The van der Waals surface area contributed by atoms with Gasteiger partial charge in [0.05, 0.1) is 0 Å². The zero-order valence-electron chi connectivity index (χ0n) is 9.05. The highest BCUT2D eigenvalue weighted by atomic mass is 14.9. The van der Waals surface area contributed by atoms with E-state index < -0.39 is 0 Å². The van der Waals surface area contributed by atoms with Crippen LogP contribution in [0.1, 0.15) is 46.0 Å². The molecule has 0 radical (unpaired) electrons. The lowest BCUT2D eigenvalue weighted by Gasteiger charge is -2.12. The van der Waals surface area contributed by atoms with Crippen LogP contribution >= 0.6 is 0 Å². The lowest BCUT2D eigenvalue weighted by Crippen LogP contribution is -2.29. The molecule has 0 spiro atoms. The van der Waals surface area contributed by atoms with Crippen molar-refractivity contribution in [2.45, 2.75) is 52.0 Å². The third-order valence-corrected chi connectivity index (χ3v) is 4.02. The van der Waals surface area contributed by atoms with E-state index in [1.807, 2.05) is 0 Å². The predicted molar refractivity (Wildman–Crippen MR) is 56.7 cm³/mol. The van der Waals surface area contributed by atoms with Crippen LogP contribution in [0, 0.1) is 17.8 Å². The SMILES string of the molecule is CCCNC(C)C1C2CCCCC21. The zero-order chi connectivity index (χ0) is 9.26. The molecular formula is C12H23N. The molecule has 13 heavy (non-hydrogen) atoms. The summed E-state index contributed by atoms with van der Waals surface area (Å²) >= 11 is 0. The van der Waals surface area contributed by atoms with Gasteiger partial charge in [0.1, 0.15) is 0 Å². The quantitative estimate of drug-likeness (QED) is 0.703. The lowest BCUT2D eigenvalue weighted by atomic mass is 10.0. The van der Waals surface area contributed by atoms with Crippen LogP contribution in [-0.4, -0.2) is 12.6 Å². The van der Waals surface area contributed by atoms with Crippen LogP contribution in [0.5, 0.6) is 0 Å². The highest BCUT2D eigenvalue weighted by Crippen LogP contribution is 2.56. The Kier molecular flexibility index (Phi) is 2.92. The maximum Gasteiger partial charge on any atom is 0.00724 e. The van der Waals surface area contributed by atoms with Crippen molar-refractivity contribution < 1.29 is 0 Å². The number of hydrogen-bond acceptors (Lipinski definition) is 1. The van der Waals surface area contributed by atoms with Crippen molar-refractivity contribution in [2.75, 3.05) is 6.54 Å². The summed E-state index contributed by atoms with van der Waals surface area (Å²) in [5.41, 5.74) is 0. The van der Waals surface area contributed by atoms with Crippen molar-refractivity contribution >= 4 is 0 Å². The largest absolute Gasteiger partial charge is 0.314 e. The third kappa shape index (κ3) is 1.90. The molecule has 1 N–H and O–H groups in total. The Labute approximate surface area is 82.3 Å². The summed E-state index contributed by atoms with van der Waals surface area (Å²) in [5.74, 6) is 3.25. The summed E-state index contributed by atoms with van der Waals surface area (Å²) in [5, 5.41) is 3.65. The molecule has 0 heterocycles. The molecular weight excluding hydrogens is 158 g/mol. The first-order valence-corrected chi connectivity index (χ1v) is 6.08. The van der Waals surface area contributed by atoms with Gasteiger partial charge in [-0.05, 0) is 50.5 Å². The summed E-state index contributed by atoms with van der Waals surface area (Å²) in [7, 11) is 0. The second-order valence-electron chi connectivity index (χ2n) is 4.93. The molecule has 3 atom stereocenters. The van der Waals surface area contributed by atoms with Gasteiger partial charge in [-0.2, -0.15) is 0 Å². The molecule has 0 saturated heterocycles. The standard InChI is InChI=1S/C12H23N/c1-3-8-13-9(2)12-10-6-4-5-7-11(10)12/h9-13H,3-8H2,1-2H3. The minimum absolute atomic E-state index is 0.785. The molecule has 2 aliphatic rings. The summed E-state index contributed by atoms with van der Waals surface area (Å²) in [6.07, 6.45) is 7.31. The Balaban J connectivity index is 1.76. The topological polar surface area (TPSA) is 12.0 Å². The van der Waals surface area contributed by atoms with Gasteiger partial charge < -0.3 is 5.32 Å². The van der Waals surface area contributed by atoms with Crippen LogP contribution in [-0.2, 0) is 0 Å². The fraction of sp³-hybridized carbons (Fsp3) is 1.00. The minimum atomic E-state index is 0.785. The molecule has 0 bridgehead atoms. The van der Waals surface area contributed by atoms with E-state index in [9.17, 15) is 0 Å². The van der Waals surface area contributed by atoms with E-state index in [0.717, 1.165) is 23.8 Å². The van der Waals surface area contributed by atoms with Gasteiger partial charge in [-0.1, -0.05) is 19.8 Å². The fourth-order valence-corrected chi connectivity index (χ4v) is 3.30. The molecule has 1 nitrogen and oxygen atoms in total. The molecule has 0 aromatic heterocycles. The normalized spacial score (nSPS) is 39.7. The molecule has 0 aliphatic heterocycles. The van der Waals surface area contributed by atoms with Gasteiger partial charge in [-0.25, -0.2) is 0 Å². The van der Waals surface area contributed by atoms with E-state index in [1.165, 1.54) is 38.6 Å². The van der Waals surface area contributed by atoms with Crippen molar-refractivity contribution in [1.29, 1.82) is 0 Å². The first-order chi connectivity index (χ1) is 6.34. The van der Waals surface area contributed by atoms with Gasteiger partial charge in [0, 0.05) is 6.04 Å². The molecule has 1 heteroatoms. The summed E-state index contributed by atoms with van der Waals surface area (Å²) in [6.45, 7) is 5.84. The van der Waals surface area contributed by atoms with Gasteiger partial charge in [-0.3, -0.25) is 0 Å². The Morgan fingerprint density at radius 2 is 1.85 bits per heavy atom. The van der Waals surface area contributed by atoms with Crippen molar-refractivity contribution in [2.24, 2.45) is 17.8 Å². The van der Waals surface area contributed by atoms with Crippen LogP contribution < -0.4 is 5.32 Å². The molecule has 76 valence electrons. The maximum absolute atomic E-state index is 3.65. The second-order valence-corrected chi connectivity index (χ2v) is 4.93. The molecule has 0 amide bonds. The number of hydrogen-bond donors (Lipinski definition) is 1. The second kappa shape index (κ2) is 4.00. The predicted octanol–water partition coefficient (Wildman–Crippen LogP) is 2.81. The van der Waals surface area contributed by atoms with Gasteiger partial charge in [-0.15, -0.1) is 0 Å². The Morgan fingerprint density at radius 3 is 2.38 bits per heavy atom. The Bertz CT molecular complexity index is 155. The highest BCUT2D eigenvalue weighted by Gasteiger charge is 2.52. The van der Waals surface area contributed by atoms with Gasteiger partial charge >= 0.3 is 0 Å². The van der Waals surface area contributed by atoms with E-state index in [2.05, 4.69) is 19.2 Å². The third-order valence-electron chi connectivity index (χ3n) is 4.02. The van der Waals surface area contributed by atoms with Crippen molar-refractivity contribution in [1.82, 2.24) is 5.32 Å². The number of nitrogens with one attached hydrogen (secondary N) is 1. The average Bonchev–Trinajstić information content (AvgIpc) is 2.88. The van der Waals surface area contributed by atoms with Crippen LogP contribution in [0.4, 0.5) is 0 Å². The van der Waals surface area contributed by atoms with Gasteiger partial charge in [0.2, 0.25) is 0 Å². The molecule has 0 aromatic carbocycles. The van der Waals surface area contributed by atoms with Crippen LogP contribution in [0.2, 0.25) is 0 Å². The summed E-state index contributed by atoms with van der Waals surface area (Å²) < 4.78 is 0. The van der Waals surface area contributed by atoms with Crippen LogP contribution in [0.25, 0.3) is 0 Å². The van der Waals surface area contributed by atoms with E-state index >= 15 is 0 Å². The molecule has 2 fully saturated rings. The van der Waals surface area contributed by atoms with E-state index in [1.54, 1.807) is 0 Å². The van der Waals surface area contributed by atoms with E-state index in [-0.39, 0.29) is 0 Å². The molecule has 2 rings (SSSR count). The van der Waals surface area contributed by atoms with Crippen molar-refractivity contribution in [3.05, 3.63) is 0 Å². The molecule has 3 unspecified atom stereocenters. The zero-order valence-corrected chi connectivity index (χ0v) is 9.05. The van der Waals surface area contributed by atoms with E-state index in [0.29, 0.717) is 0 Å². The first kappa shape index (κ1) is 9.51. The Hall–Kier alpha value is -0.0400. The van der Waals surface area contributed by atoms with Gasteiger partial charge in [0.25, 0.3) is 0 Å². The number of rotatable bonds is 4. The minimum Gasteiger partial charge on any atom is -0.314 e. The highest BCUT2D eigenvalue weighted by molar-refractivity contribution is 5.03. The molecule has 2 aliphatic carbocycles. The summed E-state index contributed by atoms with van der Waals surface area (Å²) in [6, 6.07) is 0.785. The van der Waals surface area contributed by atoms with Gasteiger partial charge in [0.15, 0.2) is 0 Å². The average molecular weight is 181 g/mol. The van der Waals surface area contributed by atoms with Crippen LogP contribution in [0.3, 0.4) is 0 Å². The van der Waals surface area contributed by atoms with Crippen molar-refractivity contribution in [3.8, 4) is 0 Å². The Morgan fingerprint density at radius 1 is 1.23 bits per heavy atom. The smallest absolute Gasteiger partial charge is 0.00724 e.